The van der Waals surface area contributed by atoms with E-state index in [9.17, 15) is 4.79 Å². The minimum atomic E-state index is -0.159. The average molecular weight is 358 g/mol. The summed E-state index contributed by atoms with van der Waals surface area (Å²) in [6, 6.07) is 22.4. The third-order valence-electron chi connectivity index (χ3n) is 4.21. The van der Waals surface area contributed by atoms with Crippen LogP contribution in [0.5, 0.6) is 0 Å². The number of hydrogen-bond donors (Lipinski definition) is 1. The molecule has 3 aromatic carbocycles. The Kier molecular flexibility index (Phi) is 4.68. The summed E-state index contributed by atoms with van der Waals surface area (Å²) >= 11 is 0. The number of carbonyl (C=O) groups excluding carboxylic acids is 1. The van der Waals surface area contributed by atoms with Gasteiger partial charge < -0.3 is 14.5 Å². The first kappa shape index (κ1) is 17.0. The molecule has 134 valence electrons. The monoisotopic (exact) mass is 358 g/mol. The molecule has 0 saturated heterocycles. The predicted molar refractivity (Wildman–Crippen MR) is 105 cm³/mol. The van der Waals surface area contributed by atoms with Gasteiger partial charge in [-0.25, -0.2) is 4.98 Å². The van der Waals surface area contributed by atoms with Crippen molar-refractivity contribution >= 4 is 22.7 Å². The lowest BCUT2D eigenvalue weighted by atomic mass is 10.1. The Labute approximate surface area is 156 Å². The maximum absolute atomic E-state index is 12.4. The first-order valence-corrected chi connectivity index (χ1v) is 8.58. The van der Waals surface area contributed by atoms with Crippen molar-refractivity contribution in [1.82, 2.24) is 4.98 Å². The largest absolute Gasteiger partial charge is 0.436 e. The summed E-state index contributed by atoms with van der Waals surface area (Å²) < 4.78 is 10.8. The van der Waals surface area contributed by atoms with Crippen LogP contribution in [0, 0.1) is 0 Å². The van der Waals surface area contributed by atoms with E-state index < -0.39 is 0 Å². The van der Waals surface area contributed by atoms with Gasteiger partial charge in [-0.3, -0.25) is 4.79 Å². The quantitative estimate of drug-likeness (QED) is 0.551. The molecule has 5 heteroatoms. The van der Waals surface area contributed by atoms with Gasteiger partial charge in [-0.05, 0) is 54.1 Å². The van der Waals surface area contributed by atoms with Crippen molar-refractivity contribution < 1.29 is 13.9 Å². The van der Waals surface area contributed by atoms with Crippen LogP contribution >= 0.6 is 0 Å². The Balaban J connectivity index is 1.47. The molecule has 0 atom stereocenters. The predicted octanol–water partition coefficient (Wildman–Crippen LogP) is 4.89. The molecule has 4 aromatic rings. The lowest BCUT2D eigenvalue weighted by Gasteiger charge is -2.07. The van der Waals surface area contributed by atoms with Crippen molar-refractivity contribution in [3.63, 3.8) is 0 Å². The molecule has 5 nitrogen and oxygen atoms in total. The first-order valence-electron chi connectivity index (χ1n) is 8.58. The second kappa shape index (κ2) is 7.43. The smallest absolute Gasteiger partial charge is 0.255 e. The summed E-state index contributed by atoms with van der Waals surface area (Å²) in [6.07, 6.45) is 0. The minimum absolute atomic E-state index is 0.159. The summed E-state index contributed by atoms with van der Waals surface area (Å²) in [5.41, 5.74) is 4.76. The number of carbonyl (C=O) groups is 1. The molecule has 0 radical (unpaired) electrons. The van der Waals surface area contributed by atoms with E-state index in [1.165, 1.54) is 0 Å². The number of ether oxygens (including phenoxy) is 1. The van der Waals surface area contributed by atoms with E-state index in [1.54, 1.807) is 19.2 Å². The van der Waals surface area contributed by atoms with Gasteiger partial charge in [0.05, 0.1) is 6.61 Å². The first-order chi connectivity index (χ1) is 13.2. The highest BCUT2D eigenvalue weighted by atomic mass is 16.5. The number of para-hydroxylation sites is 2. The Morgan fingerprint density at radius 3 is 2.44 bits per heavy atom. The number of fused-ring (bicyclic) bond motifs is 1. The van der Waals surface area contributed by atoms with Gasteiger partial charge in [0.1, 0.15) is 5.52 Å². The van der Waals surface area contributed by atoms with Crippen molar-refractivity contribution in [1.29, 1.82) is 0 Å². The Morgan fingerprint density at radius 2 is 1.74 bits per heavy atom. The van der Waals surface area contributed by atoms with Crippen LogP contribution in [0.3, 0.4) is 0 Å². The molecule has 0 aliphatic rings. The van der Waals surface area contributed by atoms with Gasteiger partial charge in [0.2, 0.25) is 5.89 Å². The van der Waals surface area contributed by atoms with Crippen LogP contribution in [0.2, 0.25) is 0 Å². The van der Waals surface area contributed by atoms with Gasteiger partial charge >= 0.3 is 0 Å². The Hall–Kier alpha value is -3.44. The molecule has 0 fully saturated rings. The van der Waals surface area contributed by atoms with Gasteiger partial charge in [0.25, 0.3) is 5.91 Å². The van der Waals surface area contributed by atoms with Crippen molar-refractivity contribution in [3.05, 3.63) is 83.9 Å². The zero-order valence-electron chi connectivity index (χ0n) is 14.8. The zero-order valence-corrected chi connectivity index (χ0v) is 14.8. The average Bonchev–Trinajstić information content (AvgIpc) is 3.13. The number of methoxy groups -OCH3 is 1. The lowest BCUT2D eigenvalue weighted by Crippen LogP contribution is -2.11. The van der Waals surface area contributed by atoms with Crippen LogP contribution in [0.4, 0.5) is 5.69 Å². The number of nitrogens with zero attached hydrogens (tertiary/aromatic N) is 1. The molecule has 0 bridgehead atoms. The van der Waals surface area contributed by atoms with Crippen molar-refractivity contribution in [3.8, 4) is 11.5 Å². The molecule has 1 aromatic heterocycles. The second-order valence-corrected chi connectivity index (χ2v) is 6.15. The number of oxazole rings is 1. The van der Waals surface area contributed by atoms with E-state index in [0.717, 1.165) is 22.2 Å². The highest BCUT2D eigenvalue weighted by Crippen LogP contribution is 2.25. The van der Waals surface area contributed by atoms with E-state index in [4.69, 9.17) is 9.15 Å². The topological polar surface area (TPSA) is 64.4 Å². The van der Waals surface area contributed by atoms with Crippen LogP contribution in [0.25, 0.3) is 22.6 Å². The summed E-state index contributed by atoms with van der Waals surface area (Å²) in [6.45, 7) is 0.527. The fourth-order valence-electron chi connectivity index (χ4n) is 2.81. The molecule has 0 unspecified atom stereocenters. The van der Waals surface area contributed by atoms with E-state index in [2.05, 4.69) is 10.3 Å². The Morgan fingerprint density at radius 1 is 1.00 bits per heavy atom. The highest BCUT2D eigenvalue weighted by Gasteiger charge is 2.09. The summed E-state index contributed by atoms with van der Waals surface area (Å²) in [5, 5.41) is 2.89. The molecule has 1 N–H and O–H groups in total. The van der Waals surface area contributed by atoms with Crippen LogP contribution in [0.1, 0.15) is 15.9 Å². The summed E-state index contributed by atoms with van der Waals surface area (Å²) in [5.74, 6) is 0.399. The zero-order chi connectivity index (χ0) is 18.6. The Bertz CT molecular complexity index is 1030. The number of amides is 1. The fourth-order valence-corrected chi connectivity index (χ4v) is 2.81. The maximum atomic E-state index is 12.4. The molecule has 0 spiro atoms. The molecule has 27 heavy (non-hydrogen) atoms. The fraction of sp³-hybridized carbons (Fsp3) is 0.0909. The molecule has 0 aliphatic heterocycles. The number of aromatic nitrogens is 1. The van der Waals surface area contributed by atoms with E-state index >= 15 is 0 Å². The van der Waals surface area contributed by atoms with Crippen LogP contribution in [-0.4, -0.2) is 18.0 Å². The standard InChI is InChI=1S/C22H18N2O3/c1-26-14-15-6-8-16(9-7-15)21(25)23-18-12-10-17(11-13-18)22-24-19-4-2-3-5-20(19)27-22/h2-13H,14H2,1H3,(H,23,25). The highest BCUT2D eigenvalue weighted by molar-refractivity contribution is 6.04. The molecule has 0 aliphatic carbocycles. The van der Waals surface area contributed by atoms with E-state index in [1.807, 2.05) is 60.7 Å². The van der Waals surface area contributed by atoms with Crippen molar-refractivity contribution in [2.45, 2.75) is 6.61 Å². The second-order valence-electron chi connectivity index (χ2n) is 6.15. The summed E-state index contributed by atoms with van der Waals surface area (Å²) in [4.78, 5) is 16.9. The SMILES string of the molecule is COCc1ccc(C(=O)Nc2ccc(-c3nc4ccccc4o3)cc2)cc1. The number of benzene rings is 3. The van der Waals surface area contributed by atoms with Crippen molar-refractivity contribution in [2.75, 3.05) is 12.4 Å². The maximum Gasteiger partial charge on any atom is 0.255 e. The van der Waals surface area contributed by atoms with Gasteiger partial charge in [0, 0.05) is 23.9 Å². The van der Waals surface area contributed by atoms with Crippen LogP contribution in [-0.2, 0) is 11.3 Å². The van der Waals surface area contributed by atoms with E-state index in [-0.39, 0.29) is 5.91 Å². The van der Waals surface area contributed by atoms with Gasteiger partial charge in [-0.2, -0.15) is 0 Å². The van der Waals surface area contributed by atoms with Gasteiger partial charge in [-0.1, -0.05) is 24.3 Å². The normalized spacial score (nSPS) is 10.9. The third-order valence-corrected chi connectivity index (χ3v) is 4.21. The van der Waals surface area contributed by atoms with Crippen LogP contribution in [0.15, 0.2) is 77.2 Å². The number of hydrogen-bond acceptors (Lipinski definition) is 4. The summed E-state index contributed by atoms with van der Waals surface area (Å²) in [7, 11) is 1.64. The molecule has 4 rings (SSSR count). The number of rotatable bonds is 5. The van der Waals surface area contributed by atoms with Crippen molar-refractivity contribution in [2.24, 2.45) is 0 Å². The molecular formula is C22H18N2O3. The number of nitrogens with one attached hydrogen (secondary N) is 1. The minimum Gasteiger partial charge on any atom is -0.436 e. The molecule has 1 heterocycles. The molecular weight excluding hydrogens is 340 g/mol. The third kappa shape index (κ3) is 3.73. The van der Waals surface area contributed by atoms with Crippen LogP contribution < -0.4 is 5.32 Å². The van der Waals surface area contributed by atoms with E-state index in [0.29, 0.717) is 23.7 Å². The molecule has 1 amide bonds. The van der Waals surface area contributed by atoms with Gasteiger partial charge in [-0.15, -0.1) is 0 Å². The number of anilines is 1. The molecule has 0 saturated carbocycles. The van der Waals surface area contributed by atoms with Gasteiger partial charge in [0.15, 0.2) is 5.58 Å². The lowest BCUT2D eigenvalue weighted by molar-refractivity contribution is 0.102.